The van der Waals surface area contributed by atoms with Gasteiger partial charge in [-0.15, -0.1) is 0 Å². The molecule has 2 amide bonds. The van der Waals surface area contributed by atoms with Gasteiger partial charge in [-0.05, 0) is 73.1 Å². The summed E-state index contributed by atoms with van der Waals surface area (Å²) in [7, 11) is 0. The van der Waals surface area contributed by atoms with Crippen molar-refractivity contribution in [3.05, 3.63) is 100 Å². The maximum atomic E-state index is 14.3. The number of piperazine rings is 1. The first kappa shape index (κ1) is 27.0. The Morgan fingerprint density at radius 3 is 2.52 bits per heavy atom. The zero-order valence-corrected chi connectivity index (χ0v) is 23.7. The van der Waals surface area contributed by atoms with Crippen LogP contribution in [0.4, 0.5) is 14.6 Å². The molecule has 3 heterocycles. The van der Waals surface area contributed by atoms with Crippen molar-refractivity contribution in [2.24, 2.45) is 0 Å². The first-order valence-corrected chi connectivity index (χ1v) is 14.8. The van der Waals surface area contributed by atoms with E-state index in [9.17, 15) is 18.4 Å². The van der Waals surface area contributed by atoms with E-state index >= 15 is 0 Å². The minimum absolute atomic E-state index is 0.00794. The number of nitrogens with one attached hydrogen (secondary N) is 2. The van der Waals surface area contributed by atoms with Gasteiger partial charge in [0.25, 0.3) is 0 Å². The van der Waals surface area contributed by atoms with E-state index in [1.807, 2.05) is 37.3 Å². The molecule has 2 fully saturated rings. The van der Waals surface area contributed by atoms with Crippen molar-refractivity contribution >= 4 is 23.7 Å². The first-order valence-electron chi connectivity index (χ1n) is 14.8. The minimum Gasteiger partial charge on any atom is -0.327 e. The summed E-state index contributed by atoms with van der Waals surface area (Å²) >= 11 is 0. The number of anilines is 1. The van der Waals surface area contributed by atoms with E-state index in [-0.39, 0.29) is 11.8 Å². The molecule has 2 spiro atoms. The summed E-state index contributed by atoms with van der Waals surface area (Å²) < 4.78 is 28.6. The van der Waals surface area contributed by atoms with Crippen LogP contribution in [0.2, 0.25) is 0 Å². The highest BCUT2D eigenvalue weighted by atomic mass is 19.1. The van der Waals surface area contributed by atoms with Crippen molar-refractivity contribution in [3.63, 3.8) is 0 Å². The Hall–Kier alpha value is -3.91. The molecule has 4 aliphatic rings. The number of nitrogens with zero attached hydrogens (tertiary/aromatic N) is 2. The van der Waals surface area contributed by atoms with E-state index in [2.05, 4.69) is 27.8 Å². The molecular weight excluding hydrogens is 534 g/mol. The molecule has 42 heavy (non-hydrogen) atoms. The van der Waals surface area contributed by atoms with Crippen molar-refractivity contribution in [3.8, 4) is 0 Å². The number of hydrogen-bond acceptors (Lipinski definition) is 4. The number of rotatable bonds is 4. The Balaban J connectivity index is 1.16. The van der Waals surface area contributed by atoms with Gasteiger partial charge in [-0.1, -0.05) is 55.7 Å². The lowest BCUT2D eigenvalue weighted by molar-refractivity contribution is -0.152. The van der Waals surface area contributed by atoms with E-state index in [0.717, 1.165) is 60.4 Å². The van der Waals surface area contributed by atoms with Crippen LogP contribution in [-0.4, -0.2) is 40.3 Å². The van der Waals surface area contributed by atoms with Gasteiger partial charge in [0.05, 0.1) is 16.5 Å². The lowest BCUT2D eigenvalue weighted by Crippen LogP contribution is -2.71. The van der Waals surface area contributed by atoms with E-state index in [1.54, 1.807) is 11.1 Å². The van der Waals surface area contributed by atoms with Crippen molar-refractivity contribution in [2.45, 2.75) is 68.4 Å². The monoisotopic (exact) mass is 568 g/mol. The third kappa shape index (κ3) is 4.18. The molecule has 0 bridgehead atoms. The molecule has 2 aromatic carbocycles. The van der Waals surface area contributed by atoms with E-state index in [1.165, 1.54) is 12.1 Å². The molecule has 216 valence electrons. The largest absolute Gasteiger partial charge is 0.327 e. The van der Waals surface area contributed by atoms with Gasteiger partial charge in [-0.25, -0.2) is 13.8 Å². The number of fused-ring (bicyclic) bond motifs is 3. The molecular formula is C34H34F2N4O2. The lowest BCUT2D eigenvalue weighted by atomic mass is 9.75. The summed E-state index contributed by atoms with van der Waals surface area (Å²) in [5, 5.41) is 6.47. The van der Waals surface area contributed by atoms with Crippen LogP contribution in [0.15, 0.2) is 60.8 Å². The van der Waals surface area contributed by atoms with Crippen LogP contribution in [0.1, 0.15) is 66.8 Å². The van der Waals surface area contributed by atoms with Gasteiger partial charge in [0.15, 0.2) is 0 Å². The Labute approximate surface area is 244 Å². The summed E-state index contributed by atoms with van der Waals surface area (Å²) in [5.41, 5.74) is 2.46. The fraction of sp³-hybridized carbons (Fsp3) is 0.382. The second kappa shape index (κ2) is 9.83. The Morgan fingerprint density at radius 1 is 0.976 bits per heavy atom. The number of pyridine rings is 1. The van der Waals surface area contributed by atoms with Gasteiger partial charge in [-0.2, -0.15) is 0 Å². The predicted octanol–water partition coefficient (Wildman–Crippen LogP) is 5.41. The first-order chi connectivity index (χ1) is 20.2. The summed E-state index contributed by atoms with van der Waals surface area (Å²) in [4.78, 5) is 33.4. The Kier molecular flexibility index (Phi) is 6.31. The third-order valence-electron chi connectivity index (χ3n) is 10.0. The molecule has 0 radical (unpaired) electrons. The zero-order valence-electron chi connectivity index (χ0n) is 23.7. The Bertz CT molecular complexity index is 1610. The lowest BCUT2D eigenvalue weighted by Gasteiger charge is -2.53. The van der Waals surface area contributed by atoms with Crippen LogP contribution in [0, 0.1) is 11.6 Å². The average molecular weight is 569 g/mol. The number of hydrogen-bond donors (Lipinski definition) is 2. The number of benzene rings is 2. The smallest absolute Gasteiger partial charge is 0.243 e. The summed E-state index contributed by atoms with van der Waals surface area (Å²) in [6, 6.07) is 13.6. The second-order valence-corrected chi connectivity index (χ2v) is 12.6. The number of amides is 2. The van der Waals surface area contributed by atoms with Gasteiger partial charge in [0.2, 0.25) is 11.8 Å². The molecule has 8 heteroatoms. The van der Waals surface area contributed by atoms with Crippen LogP contribution in [-0.2, 0) is 33.4 Å². The second-order valence-electron chi connectivity index (χ2n) is 12.6. The maximum absolute atomic E-state index is 14.3. The van der Waals surface area contributed by atoms with E-state index in [4.69, 9.17) is 0 Å². The standard InChI is InChI=1S/C34H34F2N4O2/c1-32(25-16-26(35)18-27(36)17-25)21-38-34(11-3-2-4-12-34)31(42)40(32)14-6-7-22-9-10-23-19-33(20-24(23)15-22)28-8-5-13-37-29(28)39-30(33)41/h5-10,13,15-18,38H,2-4,11-12,14,19-21H2,1H3,(H,37,39,41)/t32-,33+/m0/s1. The zero-order chi connectivity index (χ0) is 29.1. The SMILES string of the molecule is C[C@@]1(c2cc(F)cc(F)c2)CNC2(CCCCC2)C(=O)N1CC=Cc1ccc2c(c1)C[C@@]1(C2)C(=O)Nc2ncccc21. The topological polar surface area (TPSA) is 74.3 Å². The number of aromatic nitrogens is 1. The molecule has 1 saturated carbocycles. The van der Waals surface area contributed by atoms with Crippen LogP contribution in [0.3, 0.4) is 0 Å². The molecule has 2 atom stereocenters. The molecule has 1 saturated heterocycles. The summed E-state index contributed by atoms with van der Waals surface area (Å²) in [5.74, 6) is -0.685. The van der Waals surface area contributed by atoms with Gasteiger partial charge >= 0.3 is 0 Å². The van der Waals surface area contributed by atoms with E-state index < -0.39 is 28.1 Å². The summed E-state index contributed by atoms with van der Waals surface area (Å²) in [6.45, 7) is 2.60. The molecule has 2 aliphatic heterocycles. The van der Waals surface area contributed by atoms with Crippen LogP contribution in [0.25, 0.3) is 6.08 Å². The fourth-order valence-electron chi connectivity index (χ4n) is 7.63. The highest BCUT2D eigenvalue weighted by molar-refractivity contribution is 6.06. The molecule has 7 rings (SSSR count). The molecule has 6 nitrogen and oxygen atoms in total. The van der Waals surface area contributed by atoms with Gasteiger partial charge in [0, 0.05) is 30.9 Å². The van der Waals surface area contributed by atoms with Crippen molar-refractivity contribution in [1.29, 1.82) is 0 Å². The van der Waals surface area contributed by atoms with Crippen molar-refractivity contribution in [1.82, 2.24) is 15.2 Å². The highest BCUT2D eigenvalue weighted by Crippen LogP contribution is 2.47. The molecule has 3 aromatic rings. The molecule has 2 aliphatic carbocycles. The number of halogens is 2. The third-order valence-corrected chi connectivity index (χ3v) is 10.0. The quantitative estimate of drug-likeness (QED) is 0.442. The minimum atomic E-state index is -0.922. The number of carbonyl (C=O) groups excluding carboxylic acids is 2. The maximum Gasteiger partial charge on any atom is 0.243 e. The van der Waals surface area contributed by atoms with Gasteiger partial charge in [0.1, 0.15) is 17.5 Å². The van der Waals surface area contributed by atoms with Crippen LogP contribution >= 0.6 is 0 Å². The molecule has 2 N–H and O–H groups in total. The van der Waals surface area contributed by atoms with Crippen molar-refractivity contribution < 1.29 is 18.4 Å². The summed E-state index contributed by atoms with van der Waals surface area (Å²) in [6.07, 6.45) is 11.5. The molecule has 0 unspecified atom stereocenters. The average Bonchev–Trinajstić information content (AvgIpc) is 3.49. The van der Waals surface area contributed by atoms with Gasteiger partial charge in [-0.3, -0.25) is 9.59 Å². The Morgan fingerprint density at radius 2 is 1.74 bits per heavy atom. The highest BCUT2D eigenvalue weighted by Gasteiger charge is 2.53. The normalized spacial score (nSPS) is 26.2. The van der Waals surface area contributed by atoms with Crippen molar-refractivity contribution in [2.75, 3.05) is 18.4 Å². The fourth-order valence-corrected chi connectivity index (χ4v) is 7.63. The van der Waals surface area contributed by atoms with Crippen LogP contribution in [0.5, 0.6) is 0 Å². The van der Waals surface area contributed by atoms with Gasteiger partial charge < -0.3 is 15.5 Å². The van der Waals surface area contributed by atoms with E-state index in [0.29, 0.717) is 37.3 Å². The predicted molar refractivity (Wildman–Crippen MR) is 157 cm³/mol. The number of carbonyl (C=O) groups is 2. The molecule has 1 aromatic heterocycles. The van der Waals surface area contributed by atoms with Crippen LogP contribution < -0.4 is 10.6 Å².